The Bertz CT molecular complexity index is 873. The lowest BCUT2D eigenvalue weighted by molar-refractivity contribution is -0.138. The monoisotopic (exact) mass is 375 g/mol. The molecule has 1 amide bonds. The molecule has 7 nitrogen and oxygen atoms in total. The first-order valence-electron chi connectivity index (χ1n) is 8.71. The van der Waals surface area contributed by atoms with Crippen LogP contribution in [0, 0.1) is 12.7 Å². The van der Waals surface area contributed by atoms with E-state index in [-0.39, 0.29) is 24.4 Å². The summed E-state index contributed by atoms with van der Waals surface area (Å²) in [5.41, 5.74) is 1.54. The number of amides is 1. The van der Waals surface area contributed by atoms with Crippen LogP contribution < -0.4 is 0 Å². The minimum absolute atomic E-state index is 0.0852. The molecular formula is C19H22FN3O4. The summed E-state index contributed by atoms with van der Waals surface area (Å²) in [6.45, 7) is 3.30. The Morgan fingerprint density at radius 2 is 2.19 bits per heavy atom. The molecule has 144 valence electrons. The van der Waals surface area contributed by atoms with Crippen LogP contribution in [0.2, 0.25) is 0 Å². The van der Waals surface area contributed by atoms with Gasteiger partial charge in [0.05, 0.1) is 36.0 Å². The zero-order valence-electron chi connectivity index (χ0n) is 15.3. The fourth-order valence-electron chi connectivity index (χ4n) is 3.28. The predicted octanol–water partition coefficient (Wildman–Crippen LogP) is 1.54. The van der Waals surface area contributed by atoms with Gasteiger partial charge in [-0.05, 0) is 32.2 Å². The number of aromatic nitrogens is 1. The van der Waals surface area contributed by atoms with Gasteiger partial charge >= 0.3 is 5.97 Å². The molecule has 0 saturated carbocycles. The molecule has 3 rings (SSSR count). The number of hydrogen-bond acceptors (Lipinski definition) is 5. The van der Waals surface area contributed by atoms with Crippen molar-refractivity contribution < 1.29 is 23.8 Å². The van der Waals surface area contributed by atoms with Crippen molar-refractivity contribution in [3.8, 4) is 0 Å². The van der Waals surface area contributed by atoms with Crippen LogP contribution in [0.5, 0.6) is 0 Å². The van der Waals surface area contributed by atoms with E-state index < -0.39 is 5.97 Å². The number of carbonyl (C=O) groups is 2. The molecular weight excluding hydrogens is 353 g/mol. The van der Waals surface area contributed by atoms with Crippen molar-refractivity contribution >= 4 is 22.8 Å². The van der Waals surface area contributed by atoms with Gasteiger partial charge in [0.15, 0.2) is 0 Å². The van der Waals surface area contributed by atoms with Gasteiger partial charge in [0.2, 0.25) is 0 Å². The predicted molar refractivity (Wildman–Crippen MR) is 97.2 cm³/mol. The summed E-state index contributed by atoms with van der Waals surface area (Å²) < 4.78 is 19.0. The third-order valence-electron chi connectivity index (χ3n) is 4.55. The minimum atomic E-state index is -0.907. The van der Waals surface area contributed by atoms with Gasteiger partial charge in [0.1, 0.15) is 5.82 Å². The fraction of sp³-hybridized carbons (Fsp3) is 0.421. The van der Waals surface area contributed by atoms with E-state index in [0.717, 1.165) is 0 Å². The molecule has 1 atom stereocenters. The van der Waals surface area contributed by atoms with E-state index in [1.807, 2.05) is 0 Å². The van der Waals surface area contributed by atoms with Crippen LogP contribution in [0.3, 0.4) is 0 Å². The van der Waals surface area contributed by atoms with Gasteiger partial charge in [0.25, 0.3) is 5.91 Å². The highest BCUT2D eigenvalue weighted by Crippen LogP contribution is 2.20. The van der Waals surface area contributed by atoms with Crippen molar-refractivity contribution in [2.75, 3.05) is 39.8 Å². The number of aryl methyl sites for hydroxylation is 1. The molecule has 2 heterocycles. The van der Waals surface area contributed by atoms with E-state index in [2.05, 4.69) is 4.98 Å². The normalized spacial score (nSPS) is 17.5. The Hall–Kier alpha value is -2.58. The molecule has 2 aromatic rings. The second-order valence-electron chi connectivity index (χ2n) is 6.79. The smallest absolute Gasteiger partial charge is 0.317 e. The molecule has 1 aliphatic heterocycles. The zero-order valence-corrected chi connectivity index (χ0v) is 15.3. The molecule has 8 heteroatoms. The maximum atomic E-state index is 13.4. The summed E-state index contributed by atoms with van der Waals surface area (Å²) in [5.74, 6) is -1.43. The second kappa shape index (κ2) is 7.98. The average molecular weight is 375 g/mol. The Labute approximate surface area is 156 Å². The summed E-state index contributed by atoms with van der Waals surface area (Å²) in [4.78, 5) is 31.5. The third kappa shape index (κ3) is 4.58. The van der Waals surface area contributed by atoms with Gasteiger partial charge in [-0.15, -0.1) is 0 Å². The highest BCUT2D eigenvalue weighted by Gasteiger charge is 2.27. The summed E-state index contributed by atoms with van der Waals surface area (Å²) in [6.07, 6.45) is -0.255. The number of benzene rings is 1. The molecule has 1 unspecified atom stereocenters. The number of pyridine rings is 1. The summed E-state index contributed by atoms with van der Waals surface area (Å²) in [6, 6.07) is 6.04. The standard InChI is InChI=1S/C19H22FN3O4/c1-12-16(7-13-3-4-14(20)8-17(13)21-12)19(26)23-5-6-27-15(10-23)9-22(2)11-18(24)25/h3-4,7-8,15H,5-6,9-11H2,1-2H3,(H,24,25). The molecule has 0 bridgehead atoms. The molecule has 1 aromatic carbocycles. The number of halogens is 1. The molecule has 0 spiro atoms. The van der Waals surface area contributed by atoms with E-state index in [1.165, 1.54) is 12.1 Å². The van der Waals surface area contributed by atoms with Crippen molar-refractivity contribution in [3.63, 3.8) is 0 Å². The highest BCUT2D eigenvalue weighted by molar-refractivity contribution is 5.98. The number of carboxylic acids is 1. The number of ether oxygens (including phenoxy) is 1. The first-order chi connectivity index (χ1) is 12.8. The molecule has 1 N–H and O–H groups in total. The Morgan fingerprint density at radius 1 is 1.41 bits per heavy atom. The average Bonchev–Trinajstić information content (AvgIpc) is 2.60. The van der Waals surface area contributed by atoms with Crippen molar-refractivity contribution in [3.05, 3.63) is 41.3 Å². The number of fused-ring (bicyclic) bond motifs is 1. The van der Waals surface area contributed by atoms with E-state index in [4.69, 9.17) is 9.84 Å². The minimum Gasteiger partial charge on any atom is -0.480 e. The van der Waals surface area contributed by atoms with Crippen LogP contribution >= 0.6 is 0 Å². The van der Waals surface area contributed by atoms with Gasteiger partial charge in [-0.1, -0.05) is 0 Å². The molecule has 1 aliphatic rings. The molecule has 0 aliphatic carbocycles. The number of aliphatic carboxylic acids is 1. The first kappa shape index (κ1) is 19.2. The summed E-state index contributed by atoms with van der Waals surface area (Å²) in [5, 5.41) is 9.56. The van der Waals surface area contributed by atoms with Crippen LogP contribution in [0.25, 0.3) is 10.9 Å². The van der Waals surface area contributed by atoms with Gasteiger partial charge < -0.3 is 14.7 Å². The number of morpholine rings is 1. The van der Waals surface area contributed by atoms with Gasteiger partial charge in [-0.25, -0.2) is 4.39 Å². The van der Waals surface area contributed by atoms with E-state index in [9.17, 15) is 14.0 Å². The van der Waals surface area contributed by atoms with Crippen molar-refractivity contribution in [2.45, 2.75) is 13.0 Å². The second-order valence-corrected chi connectivity index (χ2v) is 6.79. The third-order valence-corrected chi connectivity index (χ3v) is 4.55. The zero-order chi connectivity index (χ0) is 19.6. The Kier molecular flexibility index (Phi) is 5.67. The SMILES string of the molecule is Cc1nc2cc(F)ccc2cc1C(=O)N1CCOC(CN(C)CC(=O)O)C1. The lowest BCUT2D eigenvalue weighted by atomic mass is 10.1. The van der Waals surface area contributed by atoms with Crippen LogP contribution in [0.4, 0.5) is 4.39 Å². The lowest BCUT2D eigenvalue weighted by Gasteiger charge is -2.34. The van der Waals surface area contributed by atoms with E-state index >= 15 is 0 Å². The van der Waals surface area contributed by atoms with E-state index in [1.54, 1.807) is 35.9 Å². The molecule has 1 saturated heterocycles. The number of carbonyl (C=O) groups excluding carboxylic acids is 1. The van der Waals surface area contributed by atoms with Crippen LogP contribution in [-0.2, 0) is 9.53 Å². The van der Waals surface area contributed by atoms with Crippen molar-refractivity contribution in [1.29, 1.82) is 0 Å². The van der Waals surface area contributed by atoms with Crippen LogP contribution in [-0.4, -0.2) is 77.7 Å². The Balaban J connectivity index is 1.75. The topological polar surface area (TPSA) is 83.0 Å². The quantitative estimate of drug-likeness (QED) is 0.854. The number of rotatable bonds is 5. The first-order valence-corrected chi connectivity index (χ1v) is 8.71. The molecule has 1 aromatic heterocycles. The molecule has 27 heavy (non-hydrogen) atoms. The summed E-state index contributed by atoms with van der Waals surface area (Å²) >= 11 is 0. The van der Waals surface area contributed by atoms with Gasteiger partial charge in [0, 0.05) is 31.1 Å². The number of hydrogen-bond donors (Lipinski definition) is 1. The number of nitrogens with zero attached hydrogens (tertiary/aromatic N) is 3. The molecule has 0 radical (unpaired) electrons. The van der Waals surface area contributed by atoms with Crippen molar-refractivity contribution in [2.24, 2.45) is 0 Å². The lowest BCUT2D eigenvalue weighted by Crippen LogP contribution is -2.49. The maximum Gasteiger partial charge on any atom is 0.317 e. The van der Waals surface area contributed by atoms with Gasteiger partial charge in [-0.3, -0.25) is 19.5 Å². The van der Waals surface area contributed by atoms with E-state index in [0.29, 0.717) is 48.4 Å². The van der Waals surface area contributed by atoms with Gasteiger partial charge in [-0.2, -0.15) is 0 Å². The number of likely N-dealkylation sites (N-methyl/N-ethyl adjacent to an activating group) is 1. The largest absolute Gasteiger partial charge is 0.480 e. The highest BCUT2D eigenvalue weighted by atomic mass is 19.1. The number of carboxylic acid groups (broad SMARTS) is 1. The van der Waals surface area contributed by atoms with Crippen LogP contribution in [0.1, 0.15) is 16.1 Å². The van der Waals surface area contributed by atoms with Crippen molar-refractivity contribution in [1.82, 2.24) is 14.8 Å². The maximum absolute atomic E-state index is 13.4. The van der Waals surface area contributed by atoms with Crippen LogP contribution in [0.15, 0.2) is 24.3 Å². The Morgan fingerprint density at radius 3 is 2.93 bits per heavy atom. The molecule has 1 fully saturated rings. The summed E-state index contributed by atoms with van der Waals surface area (Å²) in [7, 11) is 1.70. The fourth-order valence-corrected chi connectivity index (χ4v) is 3.28.